The normalized spacial score (nSPS) is 11.7. The van der Waals surface area contributed by atoms with Crippen molar-refractivity contribution in [3.8, 4) is 11.4 Å². The molecule has 22 heavy (non-hydrogen) atoms. The standard InChI is InChI=1S/C15H11ClN2O3S/c1-22(20,21)9-6-7-10(12(16)8-9)14-17-13-5-3-2-4-11(13)15(19)18-14/h2-8H,1H3,(H,17,18,19). The molecule has 0 amide bonds. The number of hydrogen-bond donors (Lipinski definition) is 1. The second kappa shape index (κ2) is 5.23. The Hall–Kier alpha value is -2.18. The van der Waals surface area contributed by atoms with Crippen LogP contribution in [0.3, 0.4) is 0 Å². The van der Waals surface area contributed by atoms with Crippen LogP contribution in [-0.4, -0.2) is 24.6 Å². The van der Waals surface area contributed by atoms with Gasteiger partial charge in [0, 0.05) is 11.8 Å². The van der Waals surface area contributed by atoms with Crippen molar-refractivity contribution in [1.29, 1.82) is 0 Å². The molecule has 0 atom stereocenters. The first-order valence-corrected chi connectivity index (χ1v) is 8.62. The van der Waals surface area contributed by atoms with Crippen molar-refractivity contribution in [3.63, 3.8) is 0 Å². The zero-order valence-electron chi connectivity index (χ0n) is 11.5. The summed E-state index contributed by atoms with van der Waals surface area (Å²) in [6.07, 6.45) is 1.11. The summed E-state index contributed by atoms with van der Waals surface area (Å²) in [6, 6.07) is 11.3. The van der Waals surface area contributed by atoms with Crippen molar-refractivity contribution in [2.24, 2.45) is 0 Å². The van der Waals surface area contributed by atoms with Gasteiger partial charge in [0.25, 0.3) is 5.56 Å². The number of nitrogens with one attached hydrogen (secondary N) is 1. The molecule has 0 fully saturated rings. The van der Waals surface area contributed by atoms with Gasteiger partial charge in [0.15, 0.2) is 9.84 Å². The van der Waals surface area contributed by atoms with Gasteiger partial charge in [0.05, 0.1) is 20.8 Å². The Labute approximate surface area is 131 Å². The summed E-state index contributed by atoms with van der Waals surface area (Å²) in [7, 11) is -3.34. The lowest BCUT2D eigenvalue weighted by Gasteiger charge is -2.07. The zero-order valence-corrected chi connectivity index (χ0v) is 13.1. The fourth-order valence-electron chi connectivity index (χ4n) is 2.13. The average Bonchev–Trinajstić information content (AvgIpc) is 2.46. The van der Waals surface area contributed by atoms with Crippen LogP contribution in [0.2, 0.25) is 5.02 Å². The smallest absolute Gasteiger partial charge is 0.259 e. The van der Waals surface area contributed by atoms with Crippen LogP contribution in [-0.2, 0) is 9.84 Å². The van der Waals surface area contributed by atoms with Crippen molar-refractivity contribution in [3.05, 3.63) is 57.8 Å². The second-order valence-electron chi connectivity index (χ2n) is 4.85. The zero-order chi connectivity index (χ0) is 15.9. The fraction of sp³-hybridized carbons (Fsp3) is 0.0667. The van der Waals surface area contributed by atoms with Gasteiger partial charge in [-0.05, 0) is 30.3 Å². The molecule has 0 aliphatic rings. The summed E-state index contributed by atoms with van der Waals surface area (Å²) < 4.78 is 23.1. The van der Waals surface area contributed by atoms with Crippen LogP contribution in [0.4, 0.5) is 0 Å². The Kier molecular flexibility index (Phi) is 3.50. The van der Waals surface area contributed by atoms with Crippen molar-refractivity contribution in [2.45, 2.75) is 4.90 Å². The minimum atomic E-state index is -3.34. The molecular formula is C15H11ClN2O3S. The summed E-state index contributed by atoms with van der Waals surface area (Å²) in [4.78, 5) is 19.2. The summed E-state index contributed by atoms with van der Waals surface area (Å²) in [5, 5.41) is 0.691. The van der Waals surface area contributed by atoms with Crippen LogP contribution in [0, 0.1) is 0 Å². The number of sulfone groups is 1. The van der Waals surface area contributed by atoms with E-state index in [1.54, 1.807) is 24.3 Å². The van der Waals surface area contributed by atoms with Gasteiger partial charge in [-0.25, -0.2) is 13.4 Å². The third kappa shape index (κ3) is 2.63. The van der Waals surface area contributed by atoms with Gasteiger partial charge in [-0.3, -0.25) is 4.79 Å². The molecular weight excluding hydrogens is 324 g/mol. The molecule has 0 saturated carbocycles. The topological polar surface area (TPSA) is 79.9 Å². The first kappa shape index (κ1) is 14.7. The lowest BCUT2D eigenvalue weighted by atomic mass is 10.2. The van der Waals surface area contributed by atoms with E-state index in [0.29, 0.717) is 22.3 Å². The first-order chi connectivity index (χ1) is 10.4. The van der Waals surface area contributed by atoms with E-state index in [9.17, 15) is 13.2 Å². The van der Waals surface area contributed by atoms with E-state index in [-0.39, 0.29) is 15.5 Å². The monoisotopic (exact) mass is 334 g/mol. The molecule has 5 nitrogen and oxygen atoms in total. The van der Waals surface area contributed by atoms with Gasteiger partial charge < -0.3 is 4.98 Å². The van der Waals surface area contributed by atoms with Crippen molar-refractivity contribution in [1.82, 2.24) is 9.97 Å². The van der Waals surface area contributed by atoms with Gasteiger partial charge in [0.1, 0.15) is 5.82 Å². The fourth-order valence-corrected chi connectivity index (χ4v) is 3.11. The number of para-hydroxylation sites is 1. The summed E-state index contributed by atoms with van der Waals surface area (Å²) in [5.74, 6) is 0.300. The minimum Gasteiger partial charge on any atom is -0.306 e. The highest BCUT2D eigenvalue weighted by Gasteiger charge is 2.13. The maximum atomic E-state index is 12.1. The molecule has 112 valence electrons. The Morgan fingerprint density at radius 1 is 1.14 bits per heavy atom. The summed E-state index contributed by atoms with van der Waals surface area (Å²) >= 11 is 6.15. The van der Waals surface area contributed by atoms with Crippen LogP contribution in [0.25, 0.3) is 22.3 Å². The van der Waals surface area contributed by atoms with Crippen molar-refractivity contribution < 1.29 is 8.42 Å². The van der Waals surface area contributed by atoms with Crippen LogP contribution in [0.1, 0.15) is 0 Å². The number of fused-ring (bicyclic) bond motifs is 1. The van der Waals surface area contributed by atoms with Crippen LogP contribution in [0.5, 0.6) is 0 Å². The molecule has 1 heterocycles. The highest BCUT2D eigenvalue weighted by atomic mass is 35.5. The van der Waals surface area contributed by atoms with E-state index < -0.39 is 9.84 Å². The molecule has 0 unspecified atom stereocenters. The Balaban J connectivity index is 2.22. The molecule has 0 aliphatic carbocycles. The lowest BCUT2D eigenvalue weighted by molar-refractivity contribution is 0.602. The van der Waals surface area contributed by atoms with Crippen molar-refractivity contribution in [2.75, 3.05) is 6.26 Å². The molecule has 7 heteroatoms. The molecule has 0 saturated heterocycles. The third-order valence-corrected chi connectivity index (χ3v) is 4.66. The number of benzene rings is 2. The van der Waals surface area contributed by atoms with E-state index in [2.05, 4.69) is 9.97 Å². The predicted octanol–water partition coefficient (Wildman–Crippen LogP) is 2.65. The Morgan fingerprint density at radius 3 is 2.55 bits per heavy atom. The van der Waals surface area contributed by atoms with E-state index >= 15 is 0 Å². The van der Waals surface area contributed by atoms with E-state index in [4.69, 9.17) is 11.6 Å². The largest absolute Gasteiger partial charge is 0.306 e. The summed E-state index contributed by atoms with van der Waals surface area (Å²) in [6.45, 7) is 0. The van der Waals surface area contributed by atoms with Gasteiger partial charge in [-0.15, -0.1) is 0 Å². The van der Waals surface area contributed by atoms with E-state index in [1.165, 1.54) is 18.2 Å². The molecule has 0 radical (unpaired) electrons. The third-order valence-electron chi connectivity index (χ3n) is 3.24. The number of H-pyrrole nitrogens is 1. The maximum absolute atomic E-state index is 12.1. The molecule has 3 aromatic rings. The van der Waals surface area contributed by atoms with Gasteiger partial charge >= 0.3 is 0 Å². The average molecular weight is 335 g/mol. The number of hydrogen-bond acceptors (Lipinski definition) is 4. The van der Waals surface area contributed by atoms with Crippen LogP contribution >= 0.6 is 11.6 Å². The maximum Gasteiger partial charge on any atom is 0.259 e. The van der Waals surface area contributed by atoms with Crippen LogP contribution < -0.4 is 5.56 Å². The summed E-state index contributed by atoms with van der Waals surface area (Å²) in [5.41, 5.74) is 0.741. The lowest BCUT2D eigenvalue weighted by Crippen LogP contribution is -2.09. The van der Waals surface area contributed by atoms with Crippen LogP contribution in [0.15, 0.2) is 52.2 Å². The molecule has 1 aromatic heterocycles. The van der Waals surface area contributed by atoms with E-state index in [1.807, 2.05) is 0 Å². The number of halogens is 1. The second-order valence-corrected chi connectivity index (χ2v) is 7.27. The first-order valence-electron chi connectivity index (χ1n) is 6.35. The molecule has 3 rings (SSSR count). The SMILES string of the molecule is CS(=O)(=O)c1ccc(-c2nc3ccccc3c(=O)[nH]2)c(Cl)c1. The molecule has 0 bridgehead atoms. The Morgan fingerprint density at radius 2 is 1.86 bits per heavy atom. The molecule has 2 aromatic carbocycles. The van der Waals surface area contributed by atoms with E-state index in [0.717, 1.165) is 6.26 Å². The quantitative estimate of drug-likeness (QED) is 0.781. The number of aromatic amines is 1. The van der Waals surface area contributed by atoms with Crippen molar-refractivity contribution >= 4 is 32.3 Å². The number of nitrogens with zero attached hydrogens (tertiary/aromatic N) is 1. The Bertz CT molecular complexity index is 1040. The highest BCUT2D eigenvalue weighted by Crippen LogP contribution is 2.28. The highest BCUT2D eigenvalue weighted by molar-refractivity contribution is 7.90. The van der Waals surface area contributed by atoms with Gasteiger partial charge in [-0.1, -0.05) is 23.7 Å². The molecule has 0 aliphatic heterocycles. The minimum absolute atomic E-state index is 0.115. The molecule has 0 spiro atoms. The number of rotatable bonds is 2. The predicted molar refractivity (Wildman–Crippen MR) is 85.9 cm³/mol. The molecule has 1 N–H and O–H groups in total. The number of aromatic nitrogens is 2. The van der Waals surface area contributed by atoms with Gasteiger partial charge in [-0.2, -0.15) is 0 Å². The van der Waals surface area contributed by atoms with Gasteiger partial charge in [0.2, 0.25) is 0 Å².